The summed E-state index contributed by atoms with van der Waals surface area (Å²) in [5.41, 5.74) is 0. The van der Waals surface area contributed by atoms with Gasteiger partial charge in [-0.05, 0) is 0 Å². The quantitative estimate of drug-likeness (QED) is 0.411. The molecular weight excluding hydrogens is 78.1 g/mol. The van der Waals surface area contributed by atoms with Crippen LogP contribution in [-0.4, -0.2) is 18.7 Å². The molecule has 32 valence electrons. The van der Waals surface area contributed by atoms with Crippen molar-refractivity contribution in [3.05, 3.63) is 0 Å². The molecule has 0 bridgehead atoms. The third kappa shape index (κ3) is 0.381. The minimum Gasteiger partial charge on any atom is -0.334 e. The lowest BCUT2D eigenvalue weighted by Crippen LogP contribution is -2.14. The maximum Gasteiger partial charge on any atom is 0.120 e. The molecule has 0 fully saturated rings. The average molecular weight is 83.1 g/mol. The van der Waals surface area contributed by atoms with Gasteiger partial charge in [0, 0.05) is 0 Å². The van der Waals surface area contributed by atoms with Crippen molar-refractivity contribution in [2.75, 3.05) is 6.54 Å². The summed E-state index contributed by atoms with van der Waals surface area (Å²) in [7, 11) is 0. The van der Waals surface area contributed by atoms with Crippen LogP contribution >= 0.6 is 0 Å². The number of nitrogens with zero attached hydrogens (tertiary/aromatic N) is 1. The summed E-state index contributed by atoms with van der Waals surface area (Å²) in [4.78, 5) is 3.70. The molecule has 1 heterocycles. The predicted octanol–water partition coefficient (Wildman–Crippen LogP) is -0.405. The average Bonchev–Trinajstić information content (AvgIpc) is 1.86. The Kier molecular flexibility index (Phi) is 0.602. The highest BCUT2D eigenvalue weighted by molar-refractivity contribution is 5.95. The molecule has 0 spiro atoms. The molecule has 0 saturated heterocycles. The van der Waals surface area contributed by atoms with E-state index < -0.39 is 0 Å². The van der Waals surface area contributed by atoms with Crippen LogP contribution in [0.4, 0.5) is 0 Å². The lowest BCUT2D eigenvalue weighted by atomic mass is 10.6. The first kappa shape index (κ1) is 3.33. The van der Waals surface area contributed by atoms with Crippen LogP contribution in [0.1, 0.15) is 0 Å². The molecule has 0 saturated carbocycles. The Hall–Kier alpha value is -0.860. The van der Waals surface area contributed by atoms with E-state index >= 15 is 0 Å². The third-order valence-corrected chi connectivity index (χ3v) is 0.579. The number of amidine groups is 1. The summed E-state index contributed by atoms with van der Waals surface area (Å²) in [6.45, 7) is 0.528. The van der Waals surface area contributed by atoms with E-state index in [-0.39, 0.29) is 0 Å². The van der Waals surface area contributed by atoms with Crippen LogP contribution in [0.5, 0.6) is 0 Å². The van der Waals surface area contributed by atoms with Crippen molar-refractivity contribution >= 4 is 12.2 Å². The van der Waals surface area contributed by atoms with Crippen LogP contribution in [-0.2, 0) is 0 Å². The second kappa shape index (κ2) is 1.08. The number of nitrogens with one attached hydrogen (secondary N) is 2. The van der Waals surface area contributed by atoms with Crippen molar-refractivity contribution in [2.45, 2.75) is 0 Å². The fraction of sp³-hybridized carbons (Fsp3) is 0.333. The molecule has 0 aromatic rings. The molecule has 0 aromatic heterocycles. The molecule has 1 aliphatic heterocycles. The summed E-state index contributed by atoms with van der Waals surface area (Å²) in [6.07, 6.45) is 1.53. The molecule has 0 unspecified atom stereocenters. The van der Waals surface area contributed by atoms with Crippen LogP contribution in [0.2, 0.25) is 0 Å². The Bertz CT molecular complexity index is 84.2. The molecule has 3 heteroatoms. The largest absolute Gasteiger partial charge is 0.334 e. The van der Waals surface area contributed by atoms with Gasteiger partial charge in [-0.15, -0.1) is 0 Å². The standard InChI is InChI=1S/C3H5N3/c4-3-1-5-2-6-3/h2H,1H2,(H2,4,5,6). The van der Waals surface area contributed by atoms with Gasteiger partial charge >= 0.3 is 0 Å². The van der Waals surface area contributed by atoms with Gasteiger partial charge in [-0.2, -0.15) is 0 Å². The molecule has 0 radical (unpaired) electrons. The second-order valence-electron chi connectivity index (χ2n) is 1.09. The lowest BCUT2D eigenvalue weighted by Gasteiger charge is -1.81. The number of hydrogen-bond donors (Lipinski definition) is 2. The first-order valence-electron chi connectivity index (χ1n) is 1.72. The minimum absolute atomic E-state index is 0.481. The Morgan fingerprint density at radius 3 is 3.00 bits per heavy atom. The summed E-state index contributed by atoms with van der Waals surface area (Å²) >= 11 is 0. The zero-order valence-electron chi connectivity index (χ0n) is 3.23. The fourth-order valence-electron chi connectivity index (χ4n) is 0.306. The summed E-state index contributed by atoms with van der Waals surface area (Å²) < 4.78 is 0. The van der Waals surface area contributed by atoms with Gasteiger partial charge in [0.05, 0.1) is 12.9 Å². The molecule has 3 nitrogen and oxygen atoms in total. The molecule has 0 atom stereocenters. The molecule has 1 aliphatic rings. The highest BCUT2D eigenvalue weighted by Gasteiger charge is 1.93. The van der Waals surface area contributed by atoms with Crippen LogP contribution in [0, 0.1) is 5.41 Å². The van der Waals surface area contributed by atoms with Crippen LogP contribution in [0.25, 0.3) is 0 Å². The van der Waals surface area contributed by atoms with Crippen LogP contribution in [0.15, 0.2) is 4.99 Å². The maximum atomic E-state index is 6.81. The van der Waals surface area contributed by atoms with Gasteiger partial charge in [0.15, 0.2) is 0 Å². The van der Waals surface area contributed by atoms with Crippen molar-refractivity contribution in [1.82, 2.24) is 5.32 Å². The SMILES string of the molecule is N=C1CN=CN1. The molecular formula is C3H5N3. The van der Waals surface area contributed by atoms with Crippen LogP contribution < -0.4 is 5.32 Å². The van der Waals surface area contributed by atoms with Gasteiger partial charge in [-0.25, -0.2) is 0 Å². The van der Waals surface area contributed by atoms with E-state index in [1.54, 1.807) is 0 Å². The zero-order valence-corrected chi connectivity index (χ0v) is 3.23. The van der Waals surface area contributed by atoms with Gasteiger partial charge < -0.3 is 5.32 Å². The van der Waals surface area contributed by atoms with E-state index in [9.17, 15) is 0 Å². The Morgan fingerprint density at radius 1 is 2.00 bits per heavy atom. The molecule has 1 rings (SSSR count). The summed E-state index contributed by atoms with van der Waals surface area (Å²) in [5.74, 6) is 0.481. The van der Waals surface area contributed by atoms with E-state index in [1.165, 1.54) is 6.34 Å². The van der Waals surface area contributed by atoms with Crippen molar-refractivity contribution in [2.24, 2.45) is 4.99 Å². The lowest BCUT2D eigenvalue weighted by molar-refractivity contribution is 1.27. The van der Waals surface area contributed by atoms with Gasteiger partial charge in [-0.3, -0.25) is 10.4 Å². The maximum absolute atomic E-state index is 6.81. The fourth-order valence-corrected chi connectivity index (χ4v) is 0.306. The Balaban J connectivity index is 2.52. The summed E-state index contributed by atoms with van der Waals surface area (Å²) in [5, 5.41) is 9.42. The minimum atomic E-state index is 0.481. The Labute approximate surface area is 35.6 Å². The van der Waals surface area contributed by atoms with Crippen molar-refractivity contribution in [3.63, 3.8) is 0 Å². The highest BCUT2D eigenvalue weighted by atomic mass is 15.1. The predicted molar refractivity (Wildman–Crippen MR) is 24.2 cm³/mol. The van der Waals surface area contributed by atoms with Gasteiger partial charge in [0.1, 0.15) is 5.84 Å². The molecule has 0 aliphatic carbocycles. The molecule has 0 amide bonds. The normalized spacial score (nSPS) is 18.3. The van der Waals surface area contributed by atoms with Crippen LogP contribution in [0.3, 0.4) is 0 Å². The summed E-state index contributed by atoms with van der Waals surface area (Å²) in [6, 6.07) is 0. The highest BCUT2D eigenvalue weighted by Crippen LogP contribution is 1.73. The van der Waals surface area contributed by atoms with Gasteiger partial charge in [-0.1, -0.05) is 0 Å². The third-order valence-electron chi connectivity index (χ3n) is 0.579. The number of hydrogen-bond acceptors (Lipinski definition) is 2. The molecule has 2 N–H and O–H groups in total. The Morgan fingerprint density at radius 2 is 2.83 bits per heavy atom. The monoisotopic (exact) mass is 83.0 g/mol. The van der Waals surface area contributed by atoms with Gasteiger partial charge in [0.2, 0.25) is 0 Å². The second-order valence-corrected chi connectivity index (χ2v) is 1.09. The van der Waals surface area contributed by atoms with E-state index in [1.807, 2.05) is 0 Å². The van der Waals surface area contributed by atoms with Crippen molar-refractivity contribution in [1.29, 1.82) is 5.41 Å². The first-order chi connectivity index (χ1) is 2.89. The van der Waals surface area contributed by atoms with E-state index in [4.69, 9.17) is 5.41 Å². The van der Waals surface area contributed by atoms with E-state index in [0.717, 1.165) is 0 Å². The number of rotatable bonds is 0. The molecule has 6 heavy (non-hydrogen) atoms. The smallest absolute Gasteiger partial charge is 0.120 e. The van der Waals surface area contributed by atoms with Crippen molar-refractivity contribution in [3.8, 4) is 0 Å². The van der Waals surface area contributed by atoms with E-state index in [0.29, 0.717) is 12.4 Å². The molecule has 0 aromatic carbocycles. The van der Waals surface area contributed by atoms with E-state index in [2.05, 4.69) is 10.3 Å². The van der Waals surface area contributed by atoms with Gasteiger partial charge in [0.25, 0.3) is 0 Å². The van der Waals surface area contributed by atoms with Crippen molar-refractivity contribution < 1.29 is 0 Å². The topological polar surface area (TPSA) is 48.2 Å². The first-order valence-corrected chi connectivity index (χ1v) is 1.72. The zero-order chi connectivity index (χ0) is 4.41. The number of aliphatic imine (C=N–C) groups is 1.